The number of carbonyl (C=O) groups excluding carboxylic acids is 1. The van der Waals surface area contributed by atoms with E-state index in [1.165, 1.54) is 12.8 Å². The van der Waals surface area contributed by atoms with E-state index in [2.05, 4.69) is 15.0 Å². The highest BCUT2D eigenvalue weighted by Crippen LogP contribution is 2.34. The Morgan fingerprint density at radius 3 is 2.52 bits per heavy atom. The quantitative estimate of drug-likeness (QED) is 0.639. The first-order valence-electron chi connectivity index (χ1n) is 9.82. The third-order valence-electron chi connectivity index (χ3n) is 5.03. The summed E-state index contributed by atoms with van der Waals surface area (Å²) in [5, 5.41) is 3.52. The number of anilines is 3. The van der Waals surface area contributed by atoms with E-state index < -0.39 is 5.92 Å². The van der Waals surface area contributed by atoms with Gasteiger partial charge in [0, 0.05) is 42.4 Å². The number of carbonyl (C=O) groups is 1. The number of benzene rings is 1. The molecule has 2 aromatic rings. The van der Waals surface area contributed by atoms with Crippen molar-refractivity contribution in [3.05, 3.63) is 47.5 Å². The number of hydrogen-bond donors (Lipinski definition) is 2. The van der Waals surface area contributed by atoms with Crippen molar-refractivity contribution in [3.8, 4) is 0 Å². The lowest BCUT2D eigenvalue weighted by molar-refractivity contribution is -0.0221. The number of nitrogens with zero attached hydrogens (tertiary/aromatic N) is 2. The number of halogens is 2. The van der Waals surface area contributed by atoms with Crippen molar-refractivity contribution in [1.29, 1.82) is 0 Å². The summed E-state index contributed by atoms with van der Waals surface area (Å²) in [7, 11) is 0. The van der Waals surface area contributed by atoms with Crippen LogP contribution in [0.2, 0.25) is 0 Å². The largest absolute Gasteiger partial charge is 0.356 e. The molecule has 1 aliphatic heterocycles. The number of piperidine rings is 1. The van der Waals surface area contributed by atoms with Crippen molar-refractivity contribution in [1.82, 2.24) is 4.98 Å². The molecule has 0 bridgehead atoms. The van der Waals surface area contributed by atoms with Gasteiger partial charge in [-0.3, -0.25) is 4.79 Å². The molecule has 2 aliphatic rings. The summed E-state index contributed by atoms with van der Waals surface area (Å²) in [4.78, 5) is 18.9. The van der Waals surface area contributed by atoms with Gasteiger partial charge in [0.15, 0.2) is 0 Å². The zero-order chi connectivity index (χ0) is 20.4. The molecule has 1 saturated carbocycles. The van der Waals surface area contributed by atoms with E-state index >= 15 is 0 Å². The number of rotatable bonds is 6. The standard InChI is InChI=1S/C21H24F2N4OS/c1-14-12-18(24-19(13-14)27-10-8-21(22,23)9-11-27)25-20(28)15-2-4-16(5-3-15)26-29-17-6-7-17/h2-5,12-13,17,26H,6-11H2,1H3,(H,24,25,28). The van der Waals surface area contributed by atoms with Crippen LogP contribution in [0.3, 0.4) is 0 Å². The summed E-state index contributed by atoms with van der Waals surface area (Å²) in [6.07, 6.45) is 2.15. The fourth-order valence-electron chi connectivity index (χ4n) is 3.15. The minimum atomic E-state index is -2.60. The van der Waals surface area contributed by atoms with E-state index in [-0.39, 0.29) is 31.8 Å². The fourth-order valence-corrected chi connectivity index (χ4v) is 3.96. The van der Waals surface area contributed by atoms with Crippen LogP contribution in [0.1, 0.15) is 41.6 Å². The van der Waals surface area contributed by atoms with Crippen LogP contribution in [0, 0.1) is 6.92 Å². The molecule has 1 aromatic heterocycles. The Bertz CT molecular complexity index is 877. The third kappa shape index (κ3) is 5.38. The van der Waals surface area contributed by atoms with E-state index in [1.54, 1.807) is 30.1 Å². The normalized spacial score (nSPS) is 18.4. The second-order valence-corrected chi connectivity index (χ2v) is 8.79. The number of pyridine rings is 1. The van der Waals surface area contributed by atoms with Crippen LogP contribution in [0.5, 0.6) is 0 Å². The fraction of sp³-hybridized carbons (Fsp3) is 0.429. The second-order valence-electron chi connectivity index (χ2n) is 7.68. The Labute approximate surface area is 173 Å². The monoisotopic (exact) mass is 418 g/mol. The van der Waals surface area contributed by atoms with Gasteiger partial charge in [-0.05, 0) is 73.7 Å². The number of nitrogens with one attached hydrogen (secondary N) is 2. The zero-order valence-electron chi connectivity index (χ0n) is 16.3. The Morgan fingerprint density at radius 1 is 1.17 bits per heavy atom. The van der Waals surface area contributed by atoms with Crippen LogP contribution in [-0.4, -0.2) is 35.2 Å². The maximum atomic E-state index is 13.4. The minimum Gasteiger partial charge on any atom is -0.356 e. The Hall–Kier alpha value is -2.35. The lowest BCUT2D eigenvalue weighted by Crippen LogP contribution is -2.39. The summed E-state index contributed by atoms with van der Waals surface area (Å²) in [6.45, 7) is 2.41. The Morgan fingerprint density at radius 2 is 1.86 bits per heavy atom. The highest BCUT2D eigenvalue weighted by molar-refractivity contribution is 8.01. The van der Waals surface area contributed by atoms with Gasteiger partial charge in [0.05, 0.1) is 0 Å². The van der Waals surface area contributed by atoms with E-state index in [4.69, 9.17) is 0 Å². The molecule has 29 heavy (non-hydrogen) atoms. The number of aromatic nitrogens is 1. The van der Waals surface area contributed by atoms with Gasteiger partial charge in [-0.25, -0.2) is 13.8 Å². The smallest absolute Gasteiger partial charge is 0.256 e. The second kappa shape index (κ2) is 8.18. The molecule has 0 spiro atoms. The third-order valence-corrected chi connectivity index (χ3v) is 6.19. The molecule has 154 valence electrons. The van der Waals surface area contributed by atoms with Gasteiger partial charge >= 0.3 is 0 Å². The molecule has 2 fully saturated rings. The van der Waals surface area contributed by atoms with E-state index in [9.17, 15) is 13.6 Å². The van der Waals surface area contributed by atoms with Crippen LogP contribution in [0.25, 0.3) is 0 Å². The van der Waals surface area contributed by atoms with Crippen molar-refractivity contribution in [2.24, 2.45) is 0 Å². The number of alkyl halides is 2. The van der Waals surface area contributed by atoms with Crippen LogP contribution >= 0.6 is 11.9 Å². The van der Waals surface area contributed by atoms with Crippen LogP contribution in [-0.2, 0) is 0 Å². The average Bonchev–Trinajstić information content (AvgIpc) is 3.51. The number of amides is 1. The van der Waals surface area contributed by atoms with Gasteiger partial charge in [-0.2, -0.15) is 0 Å². The Kier molecular flexibility index (Phi) is 5.63. The molecule has 1 aromatic carbocycles. The lowest BCUT2D eigenvalue weighted by Gasteiger charge is -2.32. The molecule has 0 unspecified atom stereocenters. The SMILES string of the molecule is Cc1cc(NC(=O)c2ccc(NSC3CC3)cc2)nc(N2CCC(F)(F)CC2)c1. The molecular formula is C21H24F2N4OS. The molecule has 5 nitrogen and oxygen atoms in total. The molecular weight excluding hydrogens is 394 g/mol. The summed E-state index contributed by atoms with van der Waals surface area (Å²) in [5.74, 6) is -1.81. The van der Waals surface area contributed by atoms with Crippen LogP contribution < -0.4 is 14.9 Å². The zero-order valence-corrected chi connectivity index (χ0v) is 17.1. The van der Waals surface area contributed by atoms with Crippen LogP contribution in [0.15, 0.2) is 36.4 Å². The van der Waals surface area contributed by atoms with Crippen molar-refractivity contribution in [3.63, 3.8) is 0 Å². The topological polar surface area (TPSA) is 57.3 Å². The van der Waals surface area contributed by atoms with Crippen molar-refractivity contribution >= 4 is 35.2 Å². The van der Waals surface area contributed by atoms with Gasteiger partial charge in [-0.15, -0.1) is 0 Å². The predicted octanol–water partition coefficient (Wildman–Crippen LogP) is 5.10. The molecule has 4 rings (SSSR count). The highest BCUT2D eigenvalue weighted by Gasteiger charge is 2.34. The van der Waals surface area contributed by atoms with Gasteiger partial charge in [-0.1, -0.05) is 0 Å². The van der Waals surface area contributed by atoms with Crippen molar-refractivity contribution < 1.29 is 13.6 Å². The van der Waals surface area contributed by atoms with E-state index in [0.29, 0.717) is 22.4 Å². The predicted molar refractivity (Wildman–Crippen MR) is 114 cm³/mol. The molecule has 2 N–H and O–H groups in total. The average molecular weight is 419 g/mol. The molecule has 2 heterocycles. The molecule has 0 radical (unpaired) electrons. The van der Waals surface area contributed by atoms with Gasteiger partial charge in [0.25, 0.3) is 11.8 Å². The van der Waals surface area contributed by atoms with Gasteiger partial charge < -0.3 is 14.9 Å². The molecule has 1 saturated heterocycles. The summed E-state index contributed by atoms with van der Waals surface area (Å²) in [5.41, 5.74) is 2.42. The first kappa shape index (κ1) is 19.9. The number of hydrogen-bond acceptors (Lipinski definition) is 5. The lowest BCUT2D eigenvalue weighted by atomic mass is 10.1. The first-order valence-corrected chi connectivity index (χ1v) is 10.7. The molecule has 8 heteroatoms. The highest BCUT2D eigenvalue weighted by atomic mass is 32.2. The summed E-state index contributed by atoms with van der Waals surface area (Å²) in [6, 6.07) is 10.9. The molecule has 1 amide bonds. The maximum Gasteiger partial charge on any atom is 0.256 e. The van der Waals surface area contributed by atoms with E-state index in [0.717, 1.165) is 11.3 Å². The molecule has 0 atom stereocenters. The summed E-state index contributed by atoms with van der Waals surface area (Å²) >= 11 is 1.72. The van der Waals surface area contributed by atoms with Crippen molar-refractivity contribution in [2.45, 2.75) is 43.8 Å². The number of aryl methyl sites for hydroxylation is 1. The summed E-state index contributed by atoms with van der Waals surface area (Å²) < 4.78 is 30.1. The van der Waals surface area contributed by atoms with Gasteiger partial charge in [0.1, 0.15) is 11.6 Å². The molecule has 1 aliphatic carbocycles. The first-order chi connectivity index (χ1) is 13.9. The van der Waals surface area contributed by atoms with Gasteiger partial charge in [0.2, 0.25) is 0 Å². The van der Waals surface area contributed by atoms with Crippen molar-refractivity contribution in [2.75, 3.05) is 28.0 Å². The van der Waals surface area contributed by atoms with E-state index in [1.807, 2.05) is 30.0 Å². The minimum absolute atomic E-state index is 0.177. The maximum absolute atomic E-state index is 13.4. The van der Waals surface area contributed by atoms with Crippen LogP contribution in [0.4, 0.5) is 26.1 Å². The Balaban J connectivity index is 1.40.